The van der Waals surface area contributed by atoms with Crippen molar-refractivity contribution in [2.75, 3.05) is 25.6 Å². The van der Waals surface area contributed by atoms with Crippen LogP contribution in [-0.2, 0) is 4.74 Å². The van der Waals surface area contributed by atoms with Crippen molar-refractivity contribution in [1.82, 2.24) is 4.98 Å². The molecule has 0 radical (unpaired) electrons. The fourth-order valence-corrected chi connectivity index (χ4v) is 2.51. The number of hydrogen-bond acceptors (Lipinski definition) is 5. The Morgan fingerprint density at radius 1 is 1.38 bits per heavy atom. The number of aromatic nitrogens is 1. The topological polar surface area (TPSA) is 69.7 Å². The number of carbonyl (C=O) groups is 1. The smallest absolute Gasteiger partial charge is 0.255 e. The summed E-state index contributed by atoms with van der Waals surface area (Å²) in [5.74, 6) is 0.774. The number of hydrogen-bond donors (Lipinski definition) is 1. The van der Waals surface area contributed by atoms with E-state index in [1.54, 1.807) is 37.6 Å². The number of methoxy groups -OCH3 is 1. The van der Waals surface area contributed by atoms with Crippen LogP contribution in [0.3, 0.4) is 0 Å². The first-order valence-corrected chi connectivity index (χ1v) is 7.88. The number of carbonyl (C=O) groups excluding carboxylic acids is 1. The van der Waals surface area contributed by atoms with Gasteiger partial charge < -0.3 is 19.5 Å². The normalized spacial score (nSPS) is 16.7. The van der Waals surface area contributed by atoms with Crippen molar-refractivity contribution in [1.29, 1.82) is 0 Å². The van der Waals surface area contributed by atoms with Crippen molar-refractivity contribution in [3.8, 4) is 11.5 Å². The lowest BCUT2D eigenvalue weighted by Gasteiger charge is -2.16. The number of amides is 1. The second kappa shape index (κ2) is 7.51. The van der Waals surface area contributed by atoms with Gasteiger partial charge in [0, 0.05) is 18.2 Å². The molecular weight excluding hydrogens is 332 g/mol. The van der Waals surface area contributed by atoms with Gasteiger partial charge in [0.2, 0.25) is 0 Å². The van der Waals surface area contributed by atoms with Gasteiger partial charge in [-0.3, -0.25) is 9.78 Å². The Morgan fingerprint density at radius 2 is 2.25 bits per heavy atom. The van der Waals surface area contributed by atoms with Crippen molar-refractivity contribution >= 4 is 23.2 Å². The average molecular weight is 349 g/mol. The van der Waals surface area contributed by atoms with Crippen LogP contribution in [0.1, 0.15) is 16.8 Å². The van der Waals surface area contributed by atoms with E-state index in [-0.39, 0.29) is 12.0 Å². The number of anilines is 1. The van der Waals surface area contributed by atoms with Gasteiger partial charge in [0.1, 0.15) is 6.10 Å². The zero-order chi connectivity index (χ0) is 16.9. The molecule has 1 fully saturated rings. The average Bonchev–Trinajstić information content (AvgIpc) is 3.10. The lowest BCUT2D eigenvalue weighted by atomic mass is 10.1. The summed E-state index contributed by atoms with van der Waals surface area (Å²) in [5, 5.41) is 3.15. The van der Waals surface area contributed by atoms with Crippen molar-refractivity contribution in [2.45, 2.75) is 12.5 Å². The zero-order valence-electron chi connectivity index (χ0n) is 13.1. The van der Waals surface area contributed by atoms with E-state index in [0.717, 1.165) is 6.42 Å². The van der Waals surface area contributed by atoms with E-state index in [1.165, 1.54) is 6.20 Å². The first kappa shape index (κ1) is 16.5. The minimum absolute atomic E-state index is 0.0371. The van der Waals surface area contributed by atoms with E-state index in [9.17, 15) is 4.79 Å². The number of nitrogens with zero attached hydrogens (tertiary/aromatic N) is 1. The van der Waals surface area contributed by atoms with Gasteiger partial charge in [-0.2, -0.15) is 0 Å². The molecule has 0 aliphatic carbocycles. The molecule has 1 N–H and O–H groups in total. The number of nitrogens with one attached hydrogen (secondary N) is 1. The number of benzene rings is 1. The number of pyridine rings is 1. The maximum Gasteiger partial charge on any atom is 0.255 e. The predicted molar refractivity (Wildman–Crippen MR) is 90.0 cm³/mol. The van der Waals surface area contributed by atoms with E-state index >= 15 is 0 Å². The van der Waals surface area contributed by atoms with Gasteiger partial charge in [-0.25, -0.2) is 0 Å². The summed E-state index contributed by atoms with van der Waals surface area (Å²) in [6, 6.07) is 6.62. The van der Waals surface area contributed by atoms with Crippen molar-refractivity contribution < 1.29 is 19.0 Å². The predicted octanol–water partition coefficient (Wildman–Crippen LogP) is 3.16. The number of halogens is 1. The SMILES string of the molecule is COc1ccc(C(=O)Nc2cnccc2Cl)cc1OC1CCOC1. The molecule has 0 spiro atoms. The molecule has 24 heavy (non-hydrogen) atoms. The van der Waals surface area contributed by atoms with Crippen molar-refractivity contribution in [3.05, 3.63) is 47.2 Å². The minimum atomic E-state index is -0.305. The van der Waals surface area contributed by atoms with Crippen LogP contribution >= 0.6 is 11.6 Å². The summed E-state index contributed by atoms with van der Waals surface area (Å²) < 4.78 is 16.5. The standard InChI is InChI=1S/C17H17ClN2O4/c1-22-15-3-2-11(8-16(15)24-12-5-7-23-10-12)17(21)20-14-9-19-6-4-13(14)18/h2-4,6,8-9,12H,5,7,10H2,1H3,(H,20,21). The van der Waals surface area contributed by atoms with Gasteiger partial charge in [-0.15, -0.1) is 0 Å². The largest absolute Gasteiger partial charge is 0.493 e. The Kier molecular flexibility index (Phi) is 5.17. The molecule has 1 aromatic carbocycles. The zero-order valence-corrected chi connectivity index (χ0v) is 13.9. The second-order valence-electron chi connectivity index (χ2n) is 5.28. The van der Waals surface area contributed by atoms with E-state index in [0.29, 0.717) is 41.0 Å². The third-order valence-corrected chi connectivity index (χ3v) is 3.95. The van der Waals surface area contributed by atoms with Crippen molar-refractivity contribution in [3.63, 3.8) is 0 Å². The molecule has 6 nitrogen and oxygen atoms in total. The quantitative estimate of drug-likeness (QED) is 0.898. The fraction of sp³-hybridized carbons (Fsp3) is 0.294. The highest BCUT2D eigenvalue weighted by atomic mass is 35.5. The summed E-state index contributed by atoms with van der Waals surface area (Å²) in [5.41, 5.74) is 0.885. The Morgan fingerprint density at radius 3 is 2.96 bits per heavy atom. The van der Waals surface area contributed by atoms with Gasteiger partial charge in [0.05, 0.1) is 37.2 Å². The first-order chi connectivity index (χ1) is 11.7. The molecule has 1 aromatic heterocycles. The lowest BCUT2D eigenvalue weighted by Crippen LogP contribution is -2.17. The van der Waals surface area contributed by atoms with Crippen molar-refractivity contribution in [2.24, 2.45) is 0 Å². The maximum atomic E-state index is 12.4. The van der Waals surface area contributed by atoms with Gasteiger partial charge in [-0.05, 0) is 24.3 Å². The molecule has 1 amide bonds. The summed E-state index contributed by atoms with van der Waals surface area (Å²) in [4.78, 5) is 16.4. The van der Waals surface area contributed by atoms with E-state index in [1.807, 2.05) is 0 Å². The second-order valence-corrected chi connectivity index (χ2v) is 5.69. The molecule has 1 atom stereocenters. The minimum Gasteiger partial charge on any atom is -0.493 e. The van der Waals surface area contributed by atoms with E-state index in [2.05, 4.69) is 10.3 Å². The summed E-state index contributed by atoms with van der Waals surface area (Å²) in [6.45, 7) is 1.21. The molecule has 7 heteroatoms. The van der Waals surface area contributed by atoms with Gasteiger partial charge >= 0.3 is 0 Å². The highest BCUT2D eigenvalue weighted by Gasteiger charge is 2.20. The van der Waals surface area contributed by atoms with E-state index < -0.39 is 0 Å². The van der Waals surface area contributed by atoms with Crippen LogP contribution in [0.15, 0.2) is 36.7 Å². The first-order valence-electron chi connectivity index (χ1n) is 7.50. The maximum absolute atomic E-state index is 12.4. The molecule has 0 saturated carbocycles. The van der Waals surface area contributed by atoms with Gasteiger partial charge in [-0.1, -0.05) is 11.6 Å². The highest BCUT2D eigenvalue weighted by molar-refractivity contribution is 6.33. The molecule has 1 unspecified atom stereocenters. The van der Waals surface area contributed by atoms with E-state index in [4.69, 9.17) is 25.8 Å². The van der Waals surface area contributed by atoms with Crippen LogP contribution in [0, 0.1) is 0 Å². The Bertz CT molecular complexity index is 732. The molecular formula is C17H17ClN2O4. The van der Waals surface area contributed by atoms with Crippen LogP contribution in [0.25, 0.3) is 0 Å². The van der Waals surface area contributed by atoms with Crippen LogP contribution in [0.5, 0.6) is 11.5 Å². The molecule has 2 heterocycles. The van der Waals surface area contributed by atoms with Gasteiger partial charge in [0.15, 0.2) is 11.5 Å². The fourth-order valence-electron chi connectivity index (χ4n) is 2.36. The summed E-state index contributed by atoms with van der Waals surface area (Å²) >= 11 is 6.03. The molecule has 1 saturated heterocycles. The monoisotopic (exact) mass is 348 g/mol. The van der Waals surface area contributed by atoms with Crippen LogP contribution < -0.4 is 14.8 Å². The Labute approximate surface area is 144 Å². The van der Waals surface area contributed by atoms with Crippen LogP contribution in [0.4, 0.5) is 5.69 Å². The molecule has 0 bridgehead atoms. The Hall–Kier alpha value is -2.31. The number of ether oxygens (including phenoxy) is 3. The Balaban J connectivity index is 1.79. The highest BCUT2D eigenvalue weighted by Crippen LogP contribution is 2.31. The molecule has 1 aliphatic rings. The summed E-state index contributed by atoms with van der Waals surface area (Å²) in [7, 11) is 1.56. The third kappa shape index (κ3) is 3.77. The molecule has 1 aliphatic heterocycles. The van der Waals surface area contributed by atoms with Gasteiger partial charge in [0.25, 0.3) is 5.91 Å². The van der Waals surface area contributed by atoms with Crippen LogP contribution in [-0.4, -0.2) is 37.3 Å². The lowest BCUT2D eigenvalue weighted by molar-refractivity contribution is 0.102. The van der Waals surface area contributed by atoms with Crippen LogP contribution in [0.2, 0.25) is 5.02 Å². The molecule has 126 valence electrons. The molecule has 2 aromatic rings. The third-order valence-electron chi connectivity index (χ3n) is 3.62. The summed E-state index contributed by atoms with van der Waals surface area (Å²) in [6.07, 6.45) is 3.83. The number of rotatable bonds is 5. The molecule has 3 rings (SSSR count).